The molecular formula is C12H27NO. The summed E-state index contributed by atoms with van der Waals surface area (Å²) in [6, 6.07) is 0. The molecule has 2 nitrogen and oxygen atoms in total. The number of nitrogens with zero attached hydrogens (tertiary/aromatic N) is 1. The maximum absolute atomic E-state index is 9.62. The highest BCUT2D eigenvalue weighted by Crippen LogP contribution is 2.34. The highest BCUT2D eigenvalue weighted by Gasteiger charge is 2.34. The summed E-state index contributed by atoms with van der Waals surface area (Å²) < 4.78 is 0. The van der Waals surface area contributed by atoms with E-state index in [9.17, 15) is 5.11 Å². The third kappa shape index (κ3) is 3.97. The highest BCUT2D eigenvalue weighted by atomic mass is 16.3. The predicted octanol–water partition coefficient (Wildman–Crippen LogP) is 2.23. The van der Waals surface area contributed by atoms with E-state index in [1.807, 2.05) is 0 Å². The first-order valence-electron chi connectivity index (χ1n) is 5.59. The van der Waals surface area contributed by atoms with E-state index in [1.165, 1.54) is 0 Å². The predicted molar refractivity (Wildman–Crippen MR) is 62.4 cm³/mol. The Bertz CT molecular complexity index is 142. The van der Waals surface area contributed by atoms with Gasteiger partial charge < -0.3 is 10.0 Å². The van der Waals surface area contributed by atoms with Gasteiger partial charge in [-0.15, -0.1) is 0 Å². The SMILES string of the molecule is CC(C)CC(CO)(CN(C)C)C(C)C. The van der Waals surface area contributed by atoms with Crippen LogP contribution in [0.1, 0.15) is 34.1 Å². The Morgan fingerprint density at radius 3 is 1.86 bits per heavy atom. The molecule has 0 aliphatic rings. The molecule has 0 rings (SSSR count). The van der Waals surface area contributed by atoms with Crippen LogP contribution in [0.5, 0.6) is 0 Å². The summed E-state index contributed by atoms with van der Waals surface area (Å²) >= 11 is 0. The zero-order valence-electron chi connectivity index (χ0n) is 10.7. The minimum atomic E-state index is 0.0671. The molecule has 0 aromatic rings. The number of hydrogen-bond acceptors (Lipinski definition) is 2. The second-order valence-corrected chi connectivity index (χ2v) is 5.51. The molecule has 2 heteroatoms. The zero-order valence-corrected chi connectivity index (χ0v) is 10.7. The standard InChI is InChI=1S/C12H27NO/c1-10(2)7-12(9-14,11(3)4)8-13(5)6/h10-11,14H,7-9H2,1-6H3. The molecular weight excluding hydrogens is 174 g/mol. The van der Waals surface area contributed by atoms with Crippen LogP contribution in [0.3, 0.4) is 0 Å². The fourth-order valence-corrected chi connectivity index (χ4v) is 2.22. The number of hydrogen-bond donors (Lipinski definition) is 1. The van der Waals surface area contributed by atoms with Crippen molar-refractivity contribution < 1.29 is 5.11 Å². The smallest absolute Gasteiger partial charge is 0.0502 e. The lowest BCUT2D eigenvalue weighted by molar-refractivity contribution is 0.0292. The second kappa shape index (κ2) is 5.72. The van der Waals surface area contributed by atoms with Crippen LogP contribution in [-0.2, 0) is 0 Å². The van der Waals surface area contributed by atoms with Crippen LogP contribution >= 0.6 is 0 Å². The molecule has 0 aromatic heterocycles. The van der Waals surface area contributed by atoms with Gasteiger partial charge in [-0.3, -0.25) is 0 Å². The minimum Gasteiger partial charge on any atom is -0.396 e. The van der Waals surface area contributed by atoms with Gasteiger partial charge in [0.05, 0.1) is 6.61 Å². The number of rotatable bonds is 6. The molecule has 0 saturated heterocycles. The third-order valence-corrected chi connectivity index (χ3v) is 2.99. The van der Waals surface area contributed by atoms with Gasteiger partial charge in [0.2, 0.25) is 0 Å². The summed E-state index contributed by atoms with van der Waals surface area (Å²) in [6.07, 6.45) is 1.10. The molecule has 0 aromatic carbocycles. The van der Waals surface area contributed by atoms with Gasteiger partial charge in [0.1, 0.15) is 0 Å². The van der Waals surface area contributed by atoms with E-state index in [0.717, 1.165) is 13.0 Å². The van der Waals surface area contributed by atoms with Crippen molar-refractivity contribution in [1.82, 2.24) is 4.90 Å². The zero-order chi connectivity index (χ0) is 11.4. The molecule has 86 valence electrons. The fourth-order valence-electron chi connectivity index (χ4n) is 2.22. The van der Waals surface area contributed by atoms with Crippen LogP contribution in [0.2, 0.25) is 0 Å². The molecule has 0 amide bonds. The fraction of sp³-hybridized carbons (Fsp3) is 1.00. The molecule has 0 aliphatic carbocycles. The molecule has 1 unspecified atom stereocenters. The summed E-state index contributed by atoms with van der Waals surface area (Å²) in [5.74, 6) is 1.17. The topological polar surface area (TPSA) is 23.5 Å². The van der Waals surface area contributed by atoms with Gasteiger partial charge in [0.15, 0.2) is 0 Å². The van der Waals surface area contributed by atoms with E-state index in [1.54, 1.807) is 0 Å². The first-order valence-corrected chi connectivity index (χ1v) is 5.59. The van der Waals surface area contributed by atoms with E-state index >= 15 is 0 Å². The van der Waals surface area contributed by atoms with Gasteiger partial charge >= 0.3 is 0 Å². The molecule has 1 N–H and O–H groups in total. The summed E-state index contributed by atoms with van der Waals surface area (Å²) in [6.45, 7) is 10.1. The lowest BCUT2D eigenvalue weighted by Gasteiger charge is -2.39. The summed E-state index contributed by atoms with van der Waals surface area (Å²) in [5, 5.41) is 9.62. The van der Waals surface area contributed by atoms with Gasteiger partial charge in [-0.25, -0.2) is 0 Å². The normalized spacial score (nSPS) is 16.7. The maximum atomic E-state index is 9.62. The minimum absolute atomic E-state index is 0.0671. The van der Waals surface area contributed by atoms with E-state index < -0.39 is 0 Å². The van der Waals surface area contributed by atoms with E-state index in [4.69, 9.17) is 0 Å². The number of aliphatic hydroxyl groups is 1. The second-order valence-electron chi connectivity index (χ2n) is 5.51. The van der Waals surface area contributed by atoms with Gasteiger partial charge in [0.25, 0.3) is 0 Å². The molecule has 0 bridgehead atoms. The summed E-state index contributed by atoms with van der Waals surface area (Å²) in [5.41, 5.74) is 0.0671. The largest absolute Gasteiger partial charge is 0.396 e. The number of aliphatic hydroxyl groups excluding tert-OH is 1. The van der Waals surface area contributed by atoms with Crippen LogP contribution in [0, 0.1) is 17.3 Å². The molecule has 0 spiro atoms. The quantitative estimate of drug-likeness (QED) is 0.712. The third-order valence-electron chi connectivity index (χ3n) is 2.99. The van der Waals surface area contributed by atoms with Gasteiger partial charge in [-0.1, -0.05) is 27.7 Å². The van der Waals surface area contributed by atoms with Crippen LogP contribution < -0.4 is 0 Å². The molecule has 0 aliphatic heterocycles. The monoisotopic (exact) mass is 201 g/mol. The van der Waals surface area contributed by atoms with Crippen molar-refractivity contribution in [2.45, 2.75) is 34.1 Å². The van der Waals surface area contributed by atoms with Crippen molar-refractivity contribution in [3.05, 3.63) is 0 Å². The lowest BCUT2D eigenvalue weighted by Crippen LogP contribution is -2.42. The molecule has 14 heavy (non-hydrogen) atoms. The Balaban J connectivity index is 4.60. The van der Waals surface area contributed by atoms with Crippen molar-refractivity contribution in [2.75, 3.05) is 27.2 Å². The van der Waals surface area contributed by atoms with Gasteiger partial charge in [0, 0.05) is 12.0 Å². The first kappa shape index (κ1) is 13.9. The molecule has 1 atom stereocenters. The van der Waals surface area contributed by atoms with E-state index in [2.05, 4.69) is 46.7 Å². The summed E-state index contributed by atoms with van der Waals surface area (Å²) in [7, 11) is 4.15. The van der Waals surface area contributed by atoms with Crippen molar-refractivity contribution in [3.63, 3.8) is 0 Å². The van der Waals surface area contributed by atoms with Crippen LogP contribution in [0.25, 0.3) is 0 Å². The van der Waals surface area contributed by atoms with Gasteiger partial charge in [-0.2, -0.15) is 0 Å². The molecule has 0 saturated carbocycles. The first-order chi connectivity index (χ1) is 6.34. The molecule has 0 radical (unpaired) electrons. The Hall–Kier alpha value is -0.0800. The van der Waals surface area contributed by atoms with Crippen LogP contribution in [0.15, 0.2) is 0 Å². The van der Waals surface area contributed by atoms with Crippen LogP contribution in [0.4, 0.5) is 0 Å². The Labute approximate surface area is 89.3 Å². The van der Waals surface area contributed by atoms with Crippen LogP contribution in [-0.4, -0.2) is 37.3 Å². The maximum Gasteiger partial charge on any atom is 0.0502 e. The van der Waals surface area contributed by atoms with Crippen molar-refractivity contribution in [2.24, 2.45) is 17.3 Å². The Morgan fingerprint density at radius 2 is 1.64 bits per heavy atom. The van der Waals surface area contributed by atoms with Crippen molar-refractivity contribution in [3.8, 4) is 0 Å². The Kier molecular flexibility index (Phi) is 5.68. The van der Waals surface area contributed by atoms with E-state index in [-0.39, 0.29) is 5.41 Å². The highest BCUT2D eigenvalue weighted by molar-refractivity contribution is 4.85. The van der Waals surface area contributed by atoms with Gasteiger partial charge in [-0.05, 0) is 32.4 Å². The summed E-state index contributed by atoms with van der Waals surface area (Å²) in [4.78, 5) is 2.18. The van der Waals surface area contributed by atoms with E-state index in [0.29, 0.717) is 18.4 Å². The average Bonchev–Trinajstić information content (AvgIpc) is 2.00. The molecule has 0 fully saturated rings. The van der Waals surface area contributed by atoms with Crippen molar-refractivity contribution >= 4 is 0 Å². The molecule has 0 heterocycles. The Morgan fingerprint density at radius 1 is 1.14 bits per heavy atom. The lowest BCUT2D eigenvalue weighted by atomic mass is 9.72. The average molecular weight is 201 g/mol. The van der Waals surface area contributed by atoms with Crippen molar-refractivity contribution in [1.29, 1.82) is 0 Å².